The average molecular weight is 307 g/mol. The first-order chi connectivity index (χ1) is 9.97. The largest absolute Gasteiger partial charge is 0.287 e. The number of aromatic nitrogens is 4. The predicted molar refractivity (Wildman–Crippen MR) is 77.4 cm³/mol. The molecule has 0 radical (unpaired) electrons. The van der Waals surface area contributed by atoms with E-state index in [0.717, 1.165) is 18.7 Å². The van der Waals surface area contributed by atoms with E-state index < -0.39 is 10.0 Å². The zero-order valence-corrected chi connectivity index (χ0v) is 12.8. The second-order valence-corrected chi connectivity index (χ2v) is 7.11. The lowest BCUT2D eigenvalue weighted by Gasteiger charge is -2.21. The molecule has 0 bridgehead atoms. The molecule has 112 valence electrons. The molecule has 7 nitrogen and oxygen atoms in total. The van der Waals surface area contributed by atoms with Crippen molar-refractivity contribution in [3.8, 4) is 5.82 Å². The van der Waals surface area contributed by atoms with Crippen molar-refractivity contribution >= 4 is 10.0 Å². The summed E-state index contributed by atoms with van der Waals surface area (Å²) in [6.45, 7) is 2.42. The molecule has 21 heavy (non-hydrogen) atoms. The molecule has 0 spiro atoms. The molecule has 0 N–H and O–H groups in total. The van der Waals surface area contributed by atoms with Crippen LogP contribution < -0.4 is 0 Å². The Morgan fingerprint density at radius 1 is 1.33 bits per heavy atom. The van der Waals surface area contributed by atoms with Gasteiger partial charge in [-0.3, -0.25) is 9.55 Å². The molecule has 8 heteroatoms. The fourth-order valence-corrected chi connectivity index (χ4v) is 3.84. The third kappa shape index (κ3) is 2.68. The molecule has 2 aromatic rings. The first kappa shape index (κ1) is 14.2. The maximum absolute atomic E-state index is 11.8. The van der Waals surface area contributed by atoms with Crippen molar-refractivity contribution in [2.45, 2.75) is 25.8 Å². The van der Waals surface area contributed by atoms with Crippen molar-refractivity contribution < 1.29 is 8.42 Å². The quantitative estimate of drug-likeness (QED) is 0.847. The van der Waals surface area contributed by atoms with Crippen molar-refractivity contribution in [2.75, 3.05) is 12.8 Å². The number of sulfonamides is 1. The van der Waals surface area contributed by atoms with Crippen LogP contribution in [0.15, 0.2) is 24.8 Å². The Morgan fingerprint density at radius 2 is 2.14 bits per heavy atom. The van der Waals surface area contributed by atoms with Gasteiger partial charge >= 0.3 is 0 Å². The Morgan fingerprint density at radius 3 is 2.81 bits per heavy atom. The number of hydrogen-bond acceptors (Lipinski definition) is 5. The zero-order chi connectivity index (χ0) is 15.0. The third-order valence-electron chi connectivity index (χ3n) is 3.68. The van der Waals surface area contributed by atoms with E-state index in [2.05, 4.69) is 15.0 Å². The number of aryl methyl sites for hydroxylation is 1. The molecule has 1 saturated heterocycles. The summed E-state index contributed by atoms with van der Waals surface area (Å²) in [6.07, 6.45) is 9.65. The highest BCUT2D eigenvalue weighted by molar-refractivity contribution is 7.88. The Kier molecular flexibility index (Phi) is 3.50. The maximum atomic E-state index is 11.8. The van der Waals surface area contributed by atoms with E-state index in [1.165, 1.54) is 10.6 Å². The molecule has 1 aliphatic rings. The molecule has 2 aromatic heterocycles. The van der Waals surface area contributed by atoms with Gasteiger partial charge in [0, 0.05) is 18.9 Å². The molecule has 3 rings (SSSR count). The summed E-state index contributed by atoms with van der Waals surface area (Å²) in [5.74, 6) is 1.47. The van der Waals surface area contributed by atoms with E-state index in [-0.39, 0.29) is 6.04 Å². The van der Waals surface area contributed by atoms with Crippen LogP contribution in [0.25, 0.3) is 5.82 Å². The minimum Gasteiger partial charge on any atom is -0.287 e. The molecule has 0 amide bonds. The van der Waals surface area contributed by atoms with Gasteiger partial charge in [-0.15, -0.1) is 0 Å². The van der Waals surface area contributed by atoms with Crippen LogP contribution in [-0.4, -0.2) is 45.0 Å². The van der Waals surface area contributed by atoms with E-state index in [1.54, 1.807) is 18.6 Å². The molecule has 1 fully saturated rings. The van der Waals surface area contributed by atoms with E-state index in [0.29, 0.717) is 18.1 Å². The Balaban J connectivity index is 1.99. The van der Waals surface area contributed by atoms with Gasteiger partial charge < -0.3 is 0 Å². The third-order valence-corrected chi connectivity index (χ3v) is 4.97. The van der Waals surface area contributed by atoms with Gasteiger partial charge in [-0.1, -0.05) is 0 Å². The topological polar surface area (TPSA) is 81.0 Å². The standard InChI is InChI=1S/C13H17N5O2S/c1-10-15-5-7-17(10)13-9-14-8-11(16-13)12-4-3-6-18(12)21(2,19)20/h5,7-9,12H,3-4,6H2,1-2H3. The molecule has 1 unspecified atom stereocenters. The fourth-order valence-electron chi connectivity index (χ4n) is 2.70. The lowest BCUT2D eigenvalue weighted by Crippen LogP contribution is -2.30. The van der Waals surface area contributed by atoms with E-state index in [9.17, 15) is 8.42 Å². The Bertz CT molecular complexity index is 755. The summed E-state index contributed by atoms with van der Waals surface area (Å²) < 4.78 is 27.0. The molecule has 0 saturated carbocycles. The summed E-state index contributed by atoms with van der Waals surface area (Å²) in [6, 6.07) is -0.226. The van der Waals surface area contributed by atoms with Gasteiger partial charge in [0.2, 0.25) is 10.0 Å². The molecule has 0 aliphatic carbocycles. The highest BCUT2D eigenvalue weighted by atomic mass is 32.2. The van der Waals surface area contributed by atoms with Gasteiger partial charge in [0.05, 0.1) is 30.4 Å². The highest BCUT2D eigenvalue weighted by Crippen LogP contribution is 2.32. The van der Waals surface area contributed by atoms with Gasteiger partial charge in [-0.25, -0.2) is 18.4 Å². The first-order valence-corrected chi connectivity index (χ1v) is 8.61. The normalized spacial score (nSPS) is 20.0. The van der Waals surface area contributed by atoms with Crippen LogP contribution >= 0.6 is 0 Å². The zero-order valence-electron chi connectivity index (χ0n) is 12.0. The summed E-state index contributed by atoms with van der Waals surface area (Å²) in [7, 11) is -3.23. The molecule has 0 aromatic carbocycles. The number of hydrogen-bond donors (Lipinski definition) is 0. The van der Waals surface area contributed by atoms with Crippen molar-refractivity contribution in [2.24, 2.45) is 0 Å². The van der Waals surface area contributed by atoms with Gasteiger partial charge in [0.25, 0.3) is 0 Å². The lowest BCUT2D eigenvalue weighted by atomic mass is 10.2. The average Bonchev–Trinajstić information content (AvgIpc) is 3.06. The summed E-state index contributed by atoms with van der Waals surface area (Å²) in [5.41, 5.74) is 0.684. The molecule has 1 atom stereocenters. The van der Waals surface area contributed by atoms with Crippen LogP contribution in [0.5, 0.6) is 0 Å². The SMILES string of the molecule is Cc1nccn1-c1cncc(C2CCCN2S(C)(=O)=O)n1. The van der Waals surface area contributed by atoms with Crippen LogP contribution in [0, 0.1) is 6.92 Å². The van der Waals surface area contributed by atoms with Crippen LogP contribution in [0.3, 0.4) is 0 Å². The van der Waals surface area contributed by atoms with Crippen molar-refractivity contribution in [3.63, 3.8) is 0 Å². The monoisotopic (exact) mass is 307 g/mol. The summed E-state index contributed by atoms with van der Waals surface area (Å²) in [4.78, 5) is 12.9. The summed E-state index contributed by atoms with van der Waals surface area (Å²) in [5, 5.41) is 0. The second kappa shape index (κ2) is 5.19. The minimum absolute atomic E-state index is 0.226. The molecular formula is C13H17N5O2S. The van der Waals surface area contributed by atoms with Crippen molar-refractivity contribution in [3.05, 3.63) is 36.3 Å². The molecule has 3 heterocycles. The van der Waals surface area contributed by atoms with E-state index >= 15 is 0 Å². The van der Waals surface area contributed by atoms with Gasteiger partial charge in [-0.05, 0) is 19.8 Å². The van der Waals surface area contributed by atoms with Gasteiger partial charge in [0.15, 0.2) is 5.82 Å². The van der Waals surface area contributed by atoms with Crippen LogP contribution in [0.4, 0.5) is 0 Å². The Hall–Kier alpha value is -1.80. The lowest BCUT2D eigenvalue weighted by molar-refractivity contribution is 0.393. The number of rotatable bonds is 3. The smallest absolute Gasteiger partial charge is 0.211 e. The van der Waals surface area contributed by atoms with E-state index in [1.807, 2.05) is 17.7 Å². The van der Waals surface area contributed by atoms with Crippen LogP contribution in [0.1, 0.15) is 30.4 Å². The second-order valence-electron chi connectivity index (χ2n) is 5.18. The van der Waals surface area contributed by atoms with Crippen molar-refractivity contribution in [1.29, 1.82) is 0 Å². The van der Waals surface area contributed by atoms with E-state index in [4.69, 9.17) is 0 Å². The first-order valence-electron chi connectivity index (χ1n) is 6.76. The highest BCUT2D eigenvalue weighted by Gasteiger charge is 2.33. The van der Waals surface area contributed by atoms with Gasteiger partial charge in [0.1, 0.15) is 5.82 Å². The molecular weight excluding hydrogens is 290 g/mol. The predicted octanol–water partition coefficient (Wildman–Crippen LogP) is 1.07. The Labute approximate surface area is 123 Å². The maximum Gasteiger partial charge on any atom is 0.211 e. The number of nitrogens with zero attached hydrogens (tertiary/aromatic N) is 5. The fraction of sp³-hybridized carbons (Fsp3) is 0.462. The van der Waals surface area contributed by atoms with Gasteiger partial charge in [-0.2, -0.15) is 4.31 Å². The van der Waals surface area contributed by atoms with Crippen LogP contribution in [0.2, 0.25) is 0 Å². The minimum atomic E-state index is -3.23. The summed E-state index contributed by atoms with van der Waals surface area (Å²) >= 11 is 0. The number of imidazole rings is 1. The van der Waals surface area contributed by atoms with Crippen LogP contribution in [-0.2, 0) is 10.0 Å². The van der Waals surface area contributed by atoms with Crippen molar-refractivity contribution in [1.82, 2.24) is 23.8 Å². The molecule has 1 aliphatic heterocycles.